The molecule has 0 saturated carbocycles. The molecule has 0 atom stereocenters. The normalized spacial score (nSPS) is 10.9. The maximum Gasteiger partial charge on any atom is 0.151 e. The molecule has 0 saturated heterocycles. The van der Waals surface area contributed by atoms with E-state index >= 15 is 0 Å². The van der Waals surface area contributed by atoms with Gasteiger partial charge in [-0.15, -0.1) is 0 Å². The van der Waals surface area contributed by atoms with Crippen LogP contribution in [0.4, 0.5) is 5.69 Å². The van der Waals surface area contributed by atoms with E-state index in [0.717, 1.165) is 0 Å². The number of sulfone groups is 1. The molecule has 1 aromatic carbocycles. The second-order valence-corrected chi connectivity index (χ2v) is 6.76. The number of rotatable bonds is 5. The van der Waals surface area contributed by atoms with Gasteiger partial charge in [0.2, 0.25) is 0 Å². The number of hydrogen-bond acceptors (Lipinski definition) is 4. The molecule has 0 aliphatic carbocycles. The number of benzene rings is 1. The summed E-state index contributed by atoms with van der Waals surface area (Å²) in [5, 5.41) is 11.9. The average Bonchev–Trinajstić information content (AvgIpc) is 2.29. The minimum atomic E-state index is -2.98. The first-order valence-electron chi connectivity index (χ1n) is 5.13. The lowest BCUT2D eigenvalue weighted by Crippen LogP contribution is -2.17. The molecular weight excluding hydrogens is 304 g/mol. The Labute approximate surface area is 110 Å². The molecule has 17 heavy (non-hydrogen) atoms. The van der Waals surface area contributed by atoms with E-state index in [0.29, 0.717) is 22.3 Å². The summed E-state index contributed by atoms with van der Waals surface area (Å²) in [6.45, 7) is 1.93. The summed E-state index contributed by atoms with van der Waals surface area (Å²) < 4.78 is 23.3. The predicted molar refractivity (Wildman–Crippen MR) is 71.7 cm³/mol. The van der Waals surface area contributed by atoms with Crippen molar-refractivity contribution in [1.82, 2.24) is 0 Å². The number of halogens is 1. The van der Waals surface area contributed by atoms with Crippen molar-refractivity contribution >= 4 is 31.5 Å². The zero-order valence-corrected chi connectivity index (χ0v) is 11.8. The van der Waals surface area contributed by atoms with Gasteiger partial charge in [-0.25, -0.2) is 8.42 Å². The zero-order valence-electron chi connectivity index (χ0n) is 9.40. The predicted octanol–water partition coefficient (Wildman–Crippen LogP) is 2.17. The lowest BCUT2D eigenvalue weighted by molar-refractivity contribution is 0.597. The van der Waals surface area contributed by atoms with Gasteiger partial charge in [-0.2, -0.15) is 5.26 Å². The van der Waals surface area contributed by atoms with Gasteiger partial charge in [0, 0.05) is 16.8 Å². The van der Waals surface area contributed by atoms with Crippen LogP contribution in [0.5, 0.6) is 0 Å². The molecule has 4 nitrogen and oxygen atoms in total. The maximum atomic E-state index is 11.3. The summed E-state index contributed by atoms with van der Waals surface area (Å²) in [7, 11) is -2.98. The third-order valence-electron chi connectivity index (χ3n) is 2.29. The first-order chi connectivity index (χ1) is 8.00. The number of nitriles is 1. The summed E-state index contributed by atoms with van der Waals surface area (Å²) in [6.07, 6.45) is 0. The highest BCUT2D eigenvalue weighted by molar-refractivity contribution is 9.10. The van der Waals surface area contributed by atoms with E-state index in [9.17, 15) is 8.42 Å². The lowest BCUT2D eigenvalue weighted by atomic mass is 10.2. The van der Waals surface area contributed by atoms with Crippen LogP contribution in [0.15, 0.2) is 22.7 Å². The van der Waals surface area contributed by atoms with Crippen LogP contribution in [-0.4, -0.2) is 26.5 Å². The largest absolute Gasteiger partial charge is 0.383 e. The van der Waals surface area contributed by atoms with Gasteiger partial charge in [0.1, 0.15) is 6.07 Å². The molecule has 0 bridgehead atoms. The van der Waals surface area contributed by atoms with Gasteiger partial charge in [-0.3, -0.25) is 0 Å². The summed E-state index contributed by atoms with van der Waals surface area (Å²) in [5.74, 6) is 0.207. The van der Waals surface area contributed by atoms with Crippen LogP contribution in [0.1, 0.15) is 12.5 Å². The fourth-order valence-electron chi connectivity index (χ4n) is 1.27. The van der Waals surface area contributed by atoms with Crippen LogP contribution in [0.2, 0.25) is 0 Å². The summed E-state index contributed by atoms with van der Waals surface area (Å²) >= 11 is 3.27. The molecule has 0 spiro atoms. The first kappa shape index (κ1) is 14.0. The SMILES string of the molecule is CCS(=O)(=O)CCNc1cccc(Br)c1C#N. The molecule has 1 aromatic rings. The first-order valence-corrected chi connectivity index (χ1v) is 7.74. The van der Waals surface area contributed by atoms with Gasteiger partial charge in [0.15, 0.2) is 9.84 Å². The van der Waals surface area contributed by atoms with Crippen LogP contribution in [0.3, 0.4) is 0 Å². The van der Waals surface area contributed by atoms with Crippen LogP contribution < -0.4 is 5.32 Å². The Morgan fingerprint density at radius 1 is 1.47 bits per heavy atom. The van der Waals surface area contributed by atoms with Gasteiger partial charge in [0.05, 0.1) is 17.0 Å². The smallest absolute Gasteiger partial charge is 0.151 e. The highest BCUT2D eigenvalue weighted by atomic mass is 79.9. The molecule has 6 heteroatoms. The Kier molecular flexibility index (Phi) is 4.97. The van der Waals surface area contributed by atoms with E-state index in [-0.39, 0.29) is 11.5 Å². The minimum absolute atomic E-state index is 0.0703. The Morgan fingerprint density at radius 2 is 2.18 bits per heavy atom. The molecule has 0 aliphatic rings. The highest BCUT2D eigenvalue weighted by Gasteiger charge is 2.09. The van der Waals surface area contributed by atoms with Crippen molar-refractivity contribution in [3.63, 3.8) is 0 Å². The molecule has 1 N–H and O–H groups in total. The van der Waals surface area contributed by atoms with Crippen molar-refractivity contribution in [2.24, 2.45) is 0 Å². The van der Waals surface area contributed by atoms with Crippen LogP contribution in [-0.2, 0) is 9.84 Å². The zero-order chi connectivity index (χ0) is 12.9. The van der Waals surface area contributed by atoms with Crippen LogP contribution in [0.25, 0.3) is 0 Å². The Morgan fingerprint density at radius 3 is 2.76 bits per heavy atom. The van der Waals surface area contributed by atoms with Crippen molar-refractivity contribution in [2.45, 2.75) is 6.92 Å². The van der Waals surface area contributed by atoms with Gasteiger partial charge in [-0.05, 0) is 28.1 Å². The van der Waals surface area contributed by atoms with E-state index in [1.165, 1.54) is 0 Å². The van der Waals surface area contributed by atoms with E-state index in [4.69, 9.17) is 5.26 Å². The van der Waals surface area contributed by atoms with E-state index < -0.39 is 9.84 Å². The van der Waals surface area contributed by atoms with Gasteiger partial charge >= 0.3 is 0 Å². The maximum absolute atomic E-state index is 11.3. The second-order valence-electron chi connectivity index (χ2n) is 3.44. The van der Waals surface area contributed by atoms with Crippen molar-refractivity contribution < 1.29 is 8.42 Å². The molecule has 1 rings (SSSR count). The van der Waals surface area contributed by atoms with E-state index in [2.05, 4.69) is 27.3 Å². The van der Waals surface area contributed by atoms with Gasteiger partial charge < -0.3 is 5.32 Å². The van der Waals surface area contributed by atoms with Crippen molar-refractivity contribution in [2.75, 3.05) is 23.4 Å². The van der Waals surface area contributed by atoms with Crippen molar-refractivity contribution in [3.8, 4) is 6.07 Å². The van der Waals surface area contributed by atoms with Crippen molar-refractivity contribution in [3.05, 3.63) is 28.2 Å². The monoisotopic (exact) mass is 316 g/mol. The molecule has 0 radical (unpaired) electrons. The average molecular weight is 317 g/mol. The molecule has 92 valence electrons. The third-order valence-corrected chi connectivity index (χ3v) is 4.66. The Hall–Kier alpha value is -1.06. The second kappa shape index (κ2) is 6.03. The number of hydrogen-bond donors (Lipinski definition) is 1. The van der Waals surface area contributed by atoms with Crippen LogP contribution >= 0.6 is 15.9 Å². The van der Waals surface area contributed by atoms with Gasteiger partial charge in [0.25, 0.3) is 0 Å². The standard InChI is InChI=1S/C11H13BrN2O2S/c1-2-17(15,16)7-6-14-11-5-3-4-10(12)9(11)8-13/h3-5,14H,2,6-7H2,1H3. The fourth-order valence-corrected chi connectivity index (χ4v) is 2.43. The Bertz CT molecular complexity index is 535. The molecule has 0 fully saturated rings. The molecule has 0 aliphatic heterocycles. The number of anilines is 1. The highest BCUT2D eigenvalue weighted by Crippen LogP contribution is 2.23. The van der Waals surface area contributed by atoms with E-state index in [1.54, 1.807) is 25.1 Å². The molecule has 0 amide bonds. The summed E-state index contributed by atoms with van der Waals surface area (Å²) in [4.78, 5) is 0. The fraction of sp³-hybridized carbons (Fsp3) is 0.364. The van der Waals surface area contributed by atoms with Gasteiger partial charge in [-0.1, -0.05) is 13.0 Å². The Balaban J connectivity index is 2.72. The molecule has 0 heterocycles. The van der Waals surface area contributed by atoms with Crippen LogP contribution in [0, 0.1) is 11.3 Å². The molecule has 0 unspecified atom stereocenters. The van der Waals surface area contributed by atoms with Crippen molar-refractivity contribution in [1.29, 1.82) is 5.26 Å². The lowest BCUT2D eigenvalue weighted by Gasteiger charge is -2.08. The number of nitrogens with zero attached hydrogens (tertiary/aromatic N) is 1. The molecular formula is C11H13BrN2O2S. The summed E-state index contributed by atoms with van der Waals surface area (Å²) in [5.41, 5.74) is 1.13. The quantitative estimate of drug-likeness (QED) is 0.903. The third kappa shape index (κ3) is 4.02. The van der Waals surface area contributed by atoms with E-state index in [1.807, 2.05) is 0 Å². The summed E-state index contributed by atoms with van der Waals surface area (Å²) in [6, 6.07) is 7.38. The topological polar surface area (TPSA) is 70.0 Å². The number of nitrogens with one attached hydrogen (secondary N) is 1. The minimum Gasteiger partial charge on any atom is -0.383 e. The molecule has 0 aromatic heterocycles.